The summed E-state index contributed by atoms with van der Waals surface area (Å²) in [5, 5.41) is 0. The molecule has 0 heterocycles. The second-order valence-electron chi connectivity index (χ2n) is 2.99. The molecule has 0 saturated carbocycles. The molecule has 76 valence electrons. The van der Waals surface area contributed by atoms with Crippen molar-refractivity contribution in [3.05, 3.63) is 24.3 Å². The Labute approximate surface area is 82.8 Å². The largest absolute Gasteiger partial charge is 0.494 e. The smallest absolute Gasteiger partial charge is 0.217 e. The van der Waals surface area contributed by atoms with Gasteiger partial charge in [0.2, 0.25) is 5.91 Å². The zero-order valence-electron chi connectivity index (χ0n) is 7.90. The number of amides is 1. The fraction of sp³-hybridized carbons (Fsp3) is 0.300. The van der Waals surface area contributed by atoms with Gasteiger partial charge in [0, 0.05) is 12.1 Å². The van der Waals surface area contributed by atoms with E-state index in [4.69, 9.17) is 16.2 Å². The van der Waals surface area contributed by atoms with E-state index in [9.17, 15) is 4.79 Å². The summed E-state index contributed by atoms with van der Waals surface area (Å²) >= 11 is 0. The summed E-state index contributed by atoms with van der Waals surface area (Å²) in [6.07, 6.45) is 0.995. The van der Waals surface area contributed by atoms with Crippen LogP contribution in [0.1, 0.15) is 12.8 Å². The van der Waals surface area contributed by atoms with Crippen molar-refractivity contribution < 1.29 is 9.53 Å². The quantitative estimate of drug-likeness (QED) is 0.540. The number of nitrogens with two attached hydrogens (primary N) is 2. The Morgan fingerprint density at radius 2 is 1.93 bits per heavy atom. The first-order valence-corrected chi connectivity index (χ1v) is 4.45. The van der Waals surface area contributed by atoms with Crippen molar-refractivity contribution in [3.63, 3.8) is 0 Å². The number of primary amides is 1. The van der Waals surface area contributed by atoms with Crippen molar-refractivity contribution in [1.82, 2.24) is 0 Å². The lowest BCUT2D eigenvalue weighted by molar-refractivity contribution is -0.118. The third kappa shape index (κ3) is 3.80. The first-order chi connectivity index (χ1) is 6.68. The highest BCUT2D eigenvalue weighted by molar-refractivity contribution is 5.73. The van der Waals surface area contributed by atoms with E-state index >= 15 is 0 Å². The second kappa shape index (κ2) is 5.11. The molecule has 0 aliphatic carbocycles. The molecule has 0 fully saturated rings. The summed E-state index contributed by atoms with van der Waals surface area (Å²) in [7, 11) is 0. The minimum atomic E-state index is -0.300. The molecule has 0 radical (unpaired) electrons. The van der Waals surface area contributed by atoms with Gasteiger partial charge < -0.3 is 16.2 Å². The monoisotopic (exact) mass is 194 g/mol. The van der Waals surface area contributed by atoms with Crippen LogP contribution in [0.25, 0.3) is 0 Å². The van der Waals surface area contributed by atoms with Crippen LogP contribution in [0.3, 0.4) is 0 Å². The molecule has 0 aliphatic heterocycles. The minimum Gasteiger partial charge on any atom is -0.494 e. The van der Waals surface area contributed by atoms with Gasteiger partial charge in [-0.25, -0.2) is 0 Å². The molecule has 0 aliphatic rings. The summed E-state index contributed by atoms with van der Waals surface area (Å²) in [5.74, 6) is 0.453. The van der Waals surface area contributed by atoms with Gasteiger partial charge >= 0.3 is 0 Å². The molecule has 4 nitrogen and oxygen atoms in total. The maximum Gasteiger partial charge on any atom is 0.217 e. The van der Waals surface area contributed by atoms with E-state index in [1.807, 2.05) is 0 Å². The van der Waals surface area contributed by atoms with Crippen molar-refractivity contribution in [2.75, 3.05) is 12.3 Å². The summed E-state index contributed by atoms with van der Waals surface area (Å²) in [6.45, 7) is 0.493. The molecular formula is C10H14N2O2. The minimum absolute atomic E-state index is 0.300. The van der Waals surface area contributed by atoms with Crippen LogP contribution in [-0.4, -0.2) is 12.5 Å². The van der Waals surface area contributed by atoms with Crippen molar-refractivity contribution >= 4 is 11.6 Å². The predicted molar refractivity (Wildman–Crippen MR) is 54.8 cm³/mol. The van der Waals surface area contributed by atoms with Crippen LogP contribution in [0.15, 0.2) is 24.3 Å². The number of carbonyl (C=O) groups is 1. The molecule has 4 heteroatoms. The Morgan fingerprint density at radius 1 is 1.29 bits per heavy atom. The molecule has 14 heavy (non-hydrogen) atoms. The summed E-state index contributed by atoms with van der Waals surface area (Å²) in [6, 6.07) is 7.12. The molecule has 0 saturated heterocycles. The van der Waals surface area contributed by atoms with Gasteiger partial charge in [0.25, 0.3) is 0 Å². The standard InChI is InChI=1S/C10H14N2O2/c11-8-3-5-9(6-4-8)14-7-1-2-10(12)13/h3-6H,1-2,7,11H2,(H2,12,13). The van der Waals surface area contributed by atoms with E-state index in [0.29, 0.717) is 25.1 Å². The number of benzene rings is 1. The Bertz CT molecular complexity index is 295. The van der Waals surface area contributed by atoms with Crippen LogP contribution in [0, 0.1) is 0 Å². The molecule has 1 aromatic rings. The number of anilines is 1. The molecule has 0 spiro atoms. The third-order valence-electron chi connectivity index (χ3n) is 1.72. The molecule has 0 atom stereocenters. The molecule has 0 unspecified atom stereocenters. The summed E-state index contributed by atoms with van der Waals surface area (Å²) in [4.78, 5) is 10.4. The lowest BCUT2D eigenvalue weighted by Crippen LogP contribution is -2.11. The Morgan fingerprint density at radius 3 is 2.50 bits per heavy atom. The van der Waals surface area contributed by atoms with Gasteiger partial charge in [0.05, 0.1) is 6.61 Å². The van der Waals surface area contributed by atoms with E-state index in [2.05, 4.69) is 0 Å². The van der Waals surface area contributed by atoms with E-state index in [1.54, 1.807) is 24.3 Å². The maximum atomic E-state index is 10.4. The fourth-order valence-electron chi connectivity index (χ4n) is 1.00. The highest BCUT2D eigenvalue weighted by Gasteiger charge is 1.96. The molecule has 4 N–H and O–H groups in total. The molecule has 0 aromatic heterocycles. The first-order valence-electron chi connectivity index (χ1n) is 4.45. The van der Waals surface area contributed by atoms with Crippen LogP contribution < -0.4 is 16.2 Å². The molecular weight excluding hydrogens is 180 g/mol. The average molecular weight is 194 g/mol. The zero-order valence-corrected chi connectivity index (χ0v) is 7.90. The van der Waals surface area contributed by atoms with Crippen LogP contribution in [0.4, 0.5) is 5.69 Å². The fourth-order valence-corrected chi connectivity index (χ4v) is 1.00. The topological polar surface area (TPSA) is 78.3 Å². The average Bonchev–Trinajstić information content (AvgIpc) is 2.15. The maximum absolute atomic E-state index is 10.4. The van der Waals surface area contributed by atoms with Crippen LogP contribution in [0.2, 0.25) is 0 Å². The number of ether oxygens (including phenoxy) is 1. The number of hydrogen-bond donors (Lipinski definition) is 2. The van der Waals surface area contributed by atoms with Gasteiger partial charge in [-0.2, -0.15) is 0 Å². The first kappa shape index (κ1) is 10.4. The van der Waals surface area contributed by atoms with E-state index in [0.717, 1.165) is 5.75 Å². The molecule has 1 aromatic carbocycles. The van der Waals surface area contributed by atoms with E-state index < -0.39 is 0 Å². The Hall–Kier alpha value is -1.71. The third-order valence-corrected chi connectivity index (χ3v) is 1.72. The zero-order chi connectivity index (χ0) is 10.4. The number of hydrogen-bond acceptors (Lipinski definition) is 3. The van der Waals surface area contributed by atoms with Crippen LogP contribution >= 0.6 is 0 Å². The van der Waals surface area contributed by atoms with Gasteiger partial charge in [-0.1, -0.05) is 0 Å². The van der Waals surface area contributed by atoms with E-state index in [1.165, 1.54) is 0 Å². The number of nitrogen functional groups attached to an aromatic ring is 1. The Kier molecular flexibility index (Phi) is 3.79. The van der Waals surface area contributed by atoms with Crippen molar-refractivity contribution in [2.24, 2.45) is 5.73 Å². The molecule has 1 rings (SSSR count). The van der Waals surface area contributed by atoms with Gasteiger partial charge in [0.15, 0.2) is 0 Å². The van der Waals surface area contributed by atoms with Crippen molar-refractivity contribution in [3.8, 4) is 5.75 Å². The second-order valence-corrected chi connectivity index (χ2v) is 2.99. The number of rotatable bonds is 5. The predicted octanol–water partition coefficient (Wildman–Crippen LogP) is 0.913. The highest BCUT2D eigenvalue weighted by Crippen LogP contribution is 2.13. The van der Waals surface area contributed by atoms with Gasteiger partial charge in [-0.15, -0.1) is 0 Å². The lowest BCUT2D eigenvalue weighted by atomic mass is 10.3. The molecule has 0 bridgehead atoms. The van der Waals surface area contributed by atoms with Crippen LogP contribution in [-0.2, 0) is 4.79 Å². The van der Waals surface area contributed by atoms with Crippen molar-refractivity contribution in [2.45, 2.75) is 12.8 Å². The van der Waals surface area contributed by atoms with Gasteiger partial charge in [-0.05, 0) is 30.7 Å². The highest BCUT2D eigenvalue weighted by atomic mass is 16.5. The Balaban J connectivity index is 2.25. The van der Waals surface area contributed by atoms with Gasteiger partial charge in [-0.3, -0.25) is 4.79 Å². The van der Waals surface area contributed by atoms with Crippen molar-refractivity contribution in [1.29, 1.82) is 0 Å². The lowest BCUT2D eigenvalue weighted by Gasteiger charge is -2.04. The normalized spacial score (nSPS) is 9.71. The van der Waals surface area contributed by atoms with Gasteiger partial charge in [0.1, 0.15) is 5.75 Å². The molecule has 1 amide bonds. The summed E-state index contributed by atoms with van der Waals surface area (Å²) in [5.41, 5.74) is 11.2. The van der Waals surface area contributed by atoms with E-state index in [-0.39, 0.29) is 5.91 Å². The van der Waals surface area contributed by atoms with Crippen LogP contribution in [0.5, 0.6) is 5.75 Å². The number of carbonyl (C=O) groups excluding carboxylic acids is 1. The SMILES string of the molecule is NC(=O)CCCOc1ccc(N)cc1. The summed E-state index contributed by atoms with van der Waals surface area (Å²) < 4.78 is 5.35.